The van der Waals surface area contributed by atoms with E-state index in [9.17, 15) is 0 Å². The third-order valence-electron chi connectivity index (χ3n) is 12.8. The highest BCUT2D eigenvalue weighted by atomic mass is 17.3. The molecule has 0 amide bonds. The summed E-state index contributed by atoms with van der Waals surface area (Å²) in [5, 5.41) is 0. The molecule has 2 spiro atoms. The van der Waals surface area contributed by atoms with E-state index in [2.05, 4.69) is 27.7 Å². The van der Waals surface area contributed by atoms with Gasteiger partial charge in [-0.2, -0.15) is 0 Å². The fourth-order valence-corrected chi connectivity index (χ4v) is 10.4. The lowest BCUT2D eigenvalue weighted by Gasteiger charge is -2.60. The zero-order chi connectivity index (χ0) is 30.4. The lowest BCUT2D eigenvalue weighted by molar-refractivity contribution is -0.577. The Balaban J connectivity index is 0.000000140. The van der Waals surface area contributed by atoms with Crippen LogP contribution < -0.4 is 0 Å². The van der Waals surface area contributed by atoms with Crippen LogP contribution in [0.4, 0.5) is 0 Å². The maximum Gasteiger partial charge on any atom is 0.201 e. The van der Waals surface area contributed by atoms with Crippen LogP contribution in [0.15, 0.2) is 0 Å². The van der Waals surface area contributed by atoms with Crippen molar-refractivity contribution in [2.75, 3.05) is 13.7 Å². The lowest BCUT2D eigenvalue weighted by atomic mass is 9.58. The van der Waals surface area contributed by atoms with Crippen LogP contribution in [0.2, 0.25) is 0 Å². The lowest BCUT2D eigenvalue weighted by Crippen LogP contribution is -2.70. The SMILES string of the molecule is CCO[C@H]1O[C@@H]2O[C@]3(C)CC[C@H]4[C@H](C)CC[C@@H]([C@H]1C)C24OO3.CO[C@H]1O[C@@H]2O[C@]3(C)CC[C@H]4[C@H](C)CC[C@@H]([C@H]1C)C24OO3. The van der Waals surface area contributed by atoms with E-state index in [0.717, 1.165) is 38.5 Å². The number of hydrogen-bond donors (Lipinski definition) is 0. The first-order valence-electron chi connectivity index (χ1n) is 17.0. The Hall–Kier alpha value is -0.400. The van der Waals surface area contributed by atoms with Crippen LogP contribution in [0.1, 0.15) is 99.8 Å². The van der Waals surface area contributed by atoms with E-state index in [4.69, 9.17) is 48.0 Å². The van der Waals surface area contributed by atoms with Crippen molar-refractivity contribution in [1.29, 1.82) is 0 Å². The molecule has 8 aliphatic heterocycles. The van der Waals surface area contributed by atoms with Crippen molar-refractivity contribution < 1.29 is 48.0 Å². The quantitative estimate of drug-likeness (QED) is 0.351. The van der Waals surface area contributed by atoms with Crippen LogP contribution in [-0.4, -0.2) is 61.7 Å². The van der Waals surface area contributed by atoms with Gasteiger partial charge in [-0.05, 0) is 83.0 Å². The molecule has 2 saturated carbocycles. The fourth-order valence-electron chi connectivity index (χ4n) is 10.4. The molecule has 10 fully saturated rings. The number of rotatable bonds is 3. The zero-order valence-corrected chi connectivity index (χ0v) is 27.4. The Kier molecular flexibility index (Phi) is 8.06. The molecule has 43 heavy (non-hydrogen) atoms. The molecule has 0 aromatic rings. The van der Waals surface area contributed by atoms with Crippen LogP contribution >= 0.6 is 0 Å². The topological polar surface area (TPSA) is 92.3 Å². The standard InChI is InChI=1S/C17H28O5.C16H26O5/c1-5-18-14-11(3)13-7-6-10(2)12-8-9-16(4)20-15(19-14)17(12,13)22-21-16;1-9-5-6-12-10(2)13(17-4)18-14-16(12)11(9)7-8-15(3,19-14)20-21-16/h10-15H,5-9H2,1-4H3;9-14H,5-8H2,1-4H3/t10-,11-,12+,13+,14+,15-,16+,17?;9-,10-,11+,12+,13+,14-,15+,16?/m11/s1. The predicted octanol–water partition coefficient (Wildman–Crippen LogP) is 6.07. The van der Waals surface area contributed by atoms with Crippen LogP contribution in [0.25, 0.3) is 0 Å². The van der Waals surface area contributed by atoms with Gasteiger partial charge in [-0.25, -0.2) is 19.6 Å². The number of hydrogen-bond acceptors (Lipinski definition) is 10. The first-order valence-corrected chi connectivity index (χ1v) is 17.0. The van der Waals surface area contributed by atoms with Gasteiger partial charge in [0.25, 0.3) is 0 Å². The highest BCUT2D eigenvalue weighted by molar-refractivity contribution is 5.10. The van der Waals surface area contributed by atoms with Gasteiger partial charge in [-0.15, -0.1) is 0 Å². The molecule has 246 valence electrons. The number of methoxy groups -OCH3 is 1. The molecule has 0 aromatic heterocycles. The van der Waals surface area contributed by atoms with E-state index < -0.39 is 29.1 Å². The molecule has 10 heteroatoms. The average molecular weight is 611 g/mol. The van der Waals surface area contributed by atoms with Crippen molar-refractivity contribution in [2.24, 2.45) is 47.3 Å². The molecule has 10 rings (SSSR count). The summed E-state index contributed by atoms with van der Waals surface area (Å²) < 4.78 is 36.3. The van der Waals surface area contributed by atoms with Gasteiger partial charge in [0.05, 0.1) is 0 Å². The molecule has 0 aromatic carbocycles. The first-order chi connectivity index (χ1) is 20.5. The molecule has 0 N–H and O–H groups in total. The monoisotopic (exact) mass is 610 g/mol. The van der Waals surface area contributed by atoms with Crippen molar-refractivity contribution >= 4 is 0 Å². The van der Waals surface area contributed by atoms with Crippen molar-refractivity contribution in [2.45, 2.75) is 148 Å². The Labute approximate surface area is 256 Å². The first kappa shape index (κ1) is 31.2. The maximum absolute atomic E-state index is 6.25. The Bertz CT molecular complexity index is 1030. The predicted molar refractivity (Wildman–Crippen MR) is 152 cm³/mol. The third-order valence-corrected chi connectivity index (χ3v) is 12.8. The third kappa shape index (κ3) is 4.64. The van der Waals surface area contributed by atoms with Gasteiger partial charge >= 0.3 is 0 Å². The minimum Gasteiger partial charge on any atom is -0.355 e. The maximum atomic E-state index is 6.25. The average Bonchev–Trinajstić information content (AvgIpc) is 3.35. The van der Waals surface area contributed by atoms with E-state index in [1.165, 1.54) is 12.8 Å². The van der Waals surface area contributed by atoms with Crippen LogP contribution in [0.5, 0.6) is 0 Å². The highest BCUT2D eigenvalue weighted by Crippen LogP contribution is 2.62. The molecule has 2 unspecified atom stereocenters. The Morgan fingerprint density at radius 1 is 0.605 bits per heavy atom. The zero-order valence-electron chi connectivity index (χ0n) is 27.4. The van der Waals surface area contributed by atoms with Crippen molar-refractivity contribution in [1.82, 2.24) is 0 Å². The van der Waals surface area contributed by atoms with E-state index in [1.807, 2.05) is 20.8 Å². The molecule has 8 saturated heterocycles. The second-order valence-corrected chi connectivity index (χ2v) is 15.2. The molecule has 10 aliphatic rings. The van der Waals surface area contributed by atoms with Crippen LogP contribution in [-0.2, 0) is 48.0 Å². The van der Waals surface area contributed by atoms with Crippen molar-refractivity contribution in [3.63, 3.8) is 0 Å². The summed E-state index contributed by atoms with van der Waals surface area (Å²) in [7, 11) is 1.70. The van der Waals surface area contributed by atoms with Crippen LogP contribution in [0, 0.1) is 47.3 Å². The highest BCUT2D eigenvalue weighted by Gasteiger charge is 2.71. The summed E-state index contributed by atoms with van der Waals surface area (Å²) in [4.78, 5) is 23.7. The van der Waals surface area contributed by atoms with Gasteiger partial charge in [0.1, 0.15) is 0 Å². The minimum atomic E-state index is -0.700. The normalized spacial score (nSPS) is 58.3. The van der Waals surface area contributed by atoms with E-state index >= 15 is 0 Å². The van der Waals surface area contributed by atoms with E-state index in [1.54, 1.807) is 7.11 Å². The summed E-state index contributed by atoms with van der Waals surface area (Å²) in [5.41, 5.74) is -0.942. The van der Waals surface area contributed by atoms with Gasteiger partial charge < -0.3 is 28.4 Å². The summed E-state index contributed by atoms with van der Waals surface area (Å²) in [6, 6.07) is 0. The molecular weight excluding hydrogens is 556 g/mol. The number of fused-ring (bicyclic) bond motifs is 4. The van der Waals surface area contributed by atoms with Gasteiger partial charge in [0.2, 0.25) is 11.6 Å². The van der Waals surface area contributed by atoms with E-state index in [0.29, 0.717) is 42.1 Å². The Morgan fingerprint density at radius 2 is 1.07 bits per heavy atom. The van der Waals surface area contributed by atoms with E-state index in [-0.39, 0.29) is 30.7 Å². The largest absolute Gasteiger partial charge is 0.355 e. The molecule has 0 radical (unpaired) electrons. The van der Waals surface area contributed by atoms with Gasteiger partial charge in [-0.3, -0.25) is 0 Å². The molecule has 4 bridgehead atoms. The molecular formula is C33H54O10. The fraction of sp³-hybridized carbons (Fsp3) is 1.00. The number of ether oxygens (including phenoxy) is 6. The molecule has 10 nitrogen and oxygen atoms in total. The van der Waals surface area contributed by atoms with Crippen molar-refractivity contribution in [3.8, 4) is 0 Å². The molecule has 8 heterocycles. The summed E-state index contributed by atoms with van der Waals surface area (Å²) in [6.07, 6.45) is 7.30. The van der Waals surface area contributed by atoms with Gasteiger partial charge in [0.15, 0.2) is 36.4 Å². The minimum absolute atomic E-state index is 0.216. The molecule has 16 atom stereocenters. The second kappa shape index (κ2) is 11.1. The second-order valence-electron chi connectivity index (χ2n) is 15.2. The smallest absolute Gasteiger partial charge is 0.201 e. The summed E-state index contributed by atoms with van der Waals surface area (Å²) in [6.45, 7) is 15.6. The van der Waals surface area contributed by atoms with Crippen molar-refractivity contribution in [3.05, 3.63) is 0 Å². The summed E-state index contributed by atoms with van der Waals surface area (Å²) in [5.74, 6) is 1.91. The molecule has 2 aliphatic carbocycles. The Morgan fingerprint density at radius 3 is 1.53 bits per heavy atom. The van der Waals surface area contributed by atoms with Gasteiger partial charge in [0, 0.05) is 50.2 Å². The van der Waals surface area contributed by atoms with Gasteiger partial charge in [-0.1, -0.05) is 27.7 Å². The summed E-state index contributed by atoms with van der Waals surface area (Å²) >= 11 is 0. The van der Waals surface area contributed by atoms with Crippen LogP contribution in [0.3, 0.4) is 0 Å².